The molecule has 0 aromatic carbocycles. The molecule has 2 heterocycles. The standard InChI is InChI=1S/C11H14N4O/c1-12-7-9-10(14-15(2)11(9)16)8-4-3-5-13-6-8/h3-6,12,14H,7H2,1-2H3. The van der Waals surface area contributed by atoms with E-state index in [1.807, 2.05) is 19.2 Å². The summed E-state index contributed by atoms with van der Waals surface area (Å²) in [4.78, 5) is 15.9. The van der Waals surface area contributed by atoms with Crippen LogP contribution in [0.1, 0.15) is 5.56 Å². The van der Waals surface area contributed by atoms with E-state index in [9.17, 15) is 4.79 Å². The zero-order chi connectivity index (χ0) is 11.5. The second kappa shape index (κ2) is 4.32. The van der Waals surface area contributed by atoms with Gasteiger partial charge in [0.2, 0.25) is 0 Å². The van der Waals surface area contributed by atoms with Crippen molar-refractivity contribution in [3.8, 4) is 11.3 Å². The molecule has 0 aliphatic rings. The van der Waals surface area contributed by atoms with Crippen molar-refractivity contribution in [2.24, 2.45) is 7.05 Å². The van der Waals surface area contributed by atoms with Crippen molar-refractivity contribution < 1.29 is 0 Å². The van der Waals surface area contributed by atoms with Gasteiger partial charge in [-0.2, -0.15) is 0 Å². The van der Waals surface area contributed by atoms with Crippen LogP contribution in [0.25, 0.3) is 11.3 Å². The molecular weight excluding hydrogens is 204 g/mol. The van der Waals surface area contributed by atoms with E-state index in [0.717, 1.165) is 16.8 Å². The Labute approximate surface area is 93.1 Å². The topological polar surface area (TPSA) is 62.7 Å². The second-order valence-electron chi connectivity index (χ2n) is 3.60. The van der Waals surface area contributed by atoms with Gasteiger partial charge in [0.25, 0.3) is 5.56 Å². The number of H-pyrrole nitrogens is 1. The smallest absolute Gasteiger partial charge is 0.271 e. The molecule has 2 rings (SSSR count). The third-order valence-electron chi connectivity index (χ3n) is 2.45. The molecule has 0 aliphatic heterocycles. The van der Waals surface area contributed by atoms with Crippen LogP contribution < -0.4 is 10.9 Å². The van der Waals surface area contributed by atoms with Crippen LogP contribution in [0.5, 0.6) is 0 Å². The van der Waals surface area contributed by atoms with Gasteiger partial charge in [-0.15, -0.1) is 0 Å². The van der Waals surface area contributed by atoms with Crippen LogP contribution in [0.4, 0.5) is 0 Å². The molecule has 5 nitrogen and oxygen atoms in total. The Morgan fingerprint density at radius 1 is 1.56 bits per heavy atom. The van der Waals surface area contributed by atoms with Gasteiger partial charge in [-0.05, 0) is 19.2 Å². The van der Waals surface area contributed by atoms with Gasteiger partial charge in [0.1, 0.15) is 0 Å². The van der Waals surface area contributed by atoms with Gasteiger partial charge >= 0.3 is 0 Å². The third kappa shape index (κ3) is 1.77. The number of aromatic amines is 1. The number of nitrogens with zero attached hydrogens (tertiary/aromatic N) is 2. The summed E-state index contributed by atoms with van der Waals surface area (Å²) in [6.07, 6.45) is 3.45. The minimum absolute atomic E-state index is 0.00629. The molecule has 0 unspecified atom stereocenters. The minimum Gasteiger partial charge on any atom is -0.315 e. The molecule has 0 amide bonds. The summed E-state index contributed by atoms with van der Waals surface area (Å²) >= 11 is 0. The average Bonchev–Trinajstić information content (AvgIpc) is 2.59. The highest BCUT2D eigenvalue weighted by Gasteiger charge is 2.12. The lowest BCUT2D eigenvalue weighted by Crippen LogP contribution is -2.19. The number of nitrogens with one attached hydrogen (secondary N) is 2. The van der Waals surface area contributed by atoms with Crippen molar-refractivity contribution in [1.82, 2.24) is 20.1 Å². The Morgan fingerprint density at radius 3 is 3.00 bits per heavy atom. The summed E-state index contributed by atoms with van der Waals surface area (Å²) in [5.41, 5.74) is 2.48. The summed E-state index contributed by atoms with van der Waals surface area (Å²) in [6.45, 7) is 0.542. The Kier molecular flexibility index (Phi) is 2.87. The molecule has 0 aliphatic carbocycles. The number of hydrogen-bond acceptors (Lipinski definition) is 3. The summed E-state index contributed by atoms with van der Waals surface area (Å²) in [5.74, 6) is 0. The number of aryl methyl sites for hydroxylation is 1. The van der Waals surface area contributed by atoms with E-state index in [0.29, 0.717) is 6.54 Å². The van der Waals surface area contributed by atoms with E-state index < -0.39 is 0 Å². The first-order valence-corrected chi connectivity index (χ1v) is 5.07. The number of pyridine rings is 1. The predicted octanol–water partition coefficient (Wildman–Crippen LogP) is 0.495. The Bertz CT molecular complexity index is 527. The fraction of sp³-hybridized carbons (Fsp3) is 0.273. The molecule has 0 radical (unpaired) electrons. The van der Waals surface area contributed by atoms with Gasteiger partial charge in [0.05, 0.1) is 11.3 Å². The van der Waals surface area contributed by atoms with Gasteiger partial charge in [-0.25, -0.2) is 0 Å². The van der Waals surface area contributed by atoms with E-state index in [2.05, 4.69) is 15.4 Å². The molecule has 0 saturated heterocycles. The molecule has 2 N–H and O–H groups in total. The Hall–Kier alpha value is -1.88. The van der Waals surface area contributed by atoms with Gasteiger partial charge in [-0.3, -0.25) is 19.6 Å². The molecular formula is C11H14N4O. The molecule has 0 atom stereocenters. The van der Waals surface area contributed by atoms with Crippen LogP contribution in [0.15, 0.2) is 29.3 Å². The summed E-state index contributed by atoms with van der Waals surface area (Å²) in [6, 6.07) is 3.78. The molecule has 0 spiro atoms. The first-order chi connectivity index (χ1) is 7.74. The maximum absolute atomic E-state index is 11.8. The van der Waals surface area contributed by atoms with E-state index in [-0.39, 0.29) is 5.56 Å². The maximum Gasteiger partial charge on any atom is 0.271 e. The van der Waals surface area contributed by atoms with Crippen molar-refractivity contribution in [1.29, 1.82) is 0 Å². The molecule has 2 aromatic rings. The lowest BCUT2D eigenvalue weighted by molar-refractivity contribution is 0.734. The van der Waals surface area contributed by atoms with E-state index in [4.69, 9.17) is 0 Å². The second-order valence-corrected chi connectivity index (χ2v) is 3.60. The molecule has 0 bridgehead atoms. The van der Waals surface area contributed by atoms with Crippen LogP contribution in [-0.2, 0) is 13.6 Å². The SMILES string of the molecule is CNCc1c(-c2cccnc2)[nH]n(C)c1=O. The van der Waals surface area contributed by atoms with Crippen molar-refractivity contribution in [2.75, 3.05) is 7.05 Å². The normalized spacial score (nSPS) is 10.6. The van der Waals surface area contributed by atoms with E-state index in [1.54, 1.807) is 19.4 Å². The number of hydrogen-bond donors (Lipinski definition) is 2. The quantitative estimate of drug-likeness (QED) is 0.788. The molecule has 0 fully saturated rings. The minimum atomic E-state index is -0.00629. The molecule has 16 heavy (non-hydrogen) atoms. The van der Waals surface area contributed by atoms with Crippen LogP contribution in [-0.4, -0.2) is 21.8 Å². The molecule has 2 aromatic heterocycles. The number of rotatable bonds is 3. The molecule has 5 heteroatoms. The van der Waals surface area contributed by atoms with Crippen LogP contribution in [0.2, 0.25) is 0 Å². The Morgan fingerprint density at radius 2 is 2.38 bits per heavy atom. The number of aromatic nitrogens is 3. The predicted molar refractivity (Wildman–Crippen MR) is 62.0 cm³/mol. The largest absolute Gasteiger partial charge is 0.315 e. The van der Waals surface area contributed by atoms with Gasteiger partial charge in [0, 0.05) is 31.5 Å². The van der Waals surface area contributed by atoms with Gasteiger partial charge < -0.3 is 5.32 Å². The zero-order valence-electron chi connectivity index (χ0n) is 9.32. The van der Waals surface area contributed by atoms with Crippen LogP contribution in [0, 0.1) is 0 Å². The highest BCUT2D eigenvalue weighted by molar-refractivity contribution is 5.61. The van der Waals surface area contributed by atoms with Crippen molar-refractivity contribution in [3.05, 3.63) is 40.4 Å². The molecule has 84 valence electrons. The average molecular weight is 218 g/mol. The third-order valence-corrected chi connectivity index (χ3v) is 2.45. The summed E-state index contributed by atoms with van der Waals surface area (Å²) in [7, 11) is 3.53. The van der Waals surface area contributed by atoms with Gasteiger partial charge in [-0.1, -0.05) is 0 Å². The highest BCUT2D eigenvalue weighted by Crippen LogP contribution is 2.17. The fourth-order valence-electron chi connectivity index (χ4n) is 1.69. The first-order valence-electron chi connectivity index (χ1n) is 5.07. The van der Waals surface area contributed by atoms with Crippen LogP contribution >= 0.6 is 0 Å². The molecule has 0 saturated carbocycles. The van der Waals surface area contributed by atoms with Crippen molar-refractivity contribution >= 4 is 0 Å². The zero-order valence-corrected chi connectivity index (χ0v) is 9.32. The van der Waals surface area contributed by atoms with Crippen molar-refractivity contribution in [2.45, 2.75) is 6.54 Å². The first kappa shape index (κ1) is 10.6. The van der Waals surface area contributed by atoms with Crippen LogP contribution in [0.3, 0.4) is 0 Å². The monoisotopic (exact) mass is 218 g/mol. The lowest BCUT2D eigenvalue weighted by Gasteiger charge is -2.00. The summed E-state index contributed by atoms with van der Waals surface area (Å²) in [5, 5.41) is 6.03. The van der Waals surface area contributed by atoms with Crippen molar-refractivity contribution in [3.63, 3.8) is 0 Å². The maximum atomic E-state index is 11.8. The highest BCUT2D eigenvalue weighted by atomic mass is 16.1. The van der Waals surface area contributed by atoms with E-state index in [1.165, 1.54) is 4.68 Å². The van der Waals surface area contributed by atoms with E-state index >= 15 is 0 Å². The van der Waals surface area contributed by atoms with Gasteiger partial charge in [0.15, 0.2) is 0 Å². The lowest BCUT2D eigenvalue weighted by atomic mass is 10.1. The Balaban J connectivity index is 2.57. The fourth-order valence-corrected chi connectivity index (χ4v) is 1.69. The summed E-state index contributed by atoms with van der Waals surface area (Å²) < 4.78 is 1.48.